The van der Waals surface area contributed by atoms with Crippen molar-refractivity contribution in [1.82, 2.24) is 5.32 Å². The molecule has 1 atom stereocenters. The van der Waals surface area contributed by atoms with E-state index in [2.05, 4.69) is 10.6 Å². The van der Waals surface area contributed by atoms with Crippen molar-refractivity contribution in [3.63, 3.8) is 0 Å². The van der Waals surface area contributed by atoms with Crippen LogP contribution >= 0.6 is 0 Å². The Morgan fingerprint density at radius 1 is 1.00 bits per heavy atom. The number of amides is 2. The number of carbonyl (C=O) groups is 2. The molecule has 6 nitrogen and oxygen atoms in total. The van der Waals surface area contributed by atoms with Crippen LogP contribution in [-0.4, -0.2) is 39.1 Å². The number of benzene rings is 2. The lowest BCUT2D eigenvalue weighted by Gasteiger charge is -2.22. The van der Waals surface area contributed by atoms with E-state index in [0.29, 0.717) is 17.0 Å². The average molecular weight is 369 g/mol. The molecule has 0 saturated heterocycles. The van der Waals surface area contributed by atoms with Crippen LogP contribution in [0.5, 0.6) is 5.75 Å². The highest BCUT2D eigenvalue weighted by molar-refractivity contribution is 6.02. The van der Waals surface area contributed by atoms with E-state index in [1.165, 1.54) is 7.11 Å². The van der Waals surface area contributed by atoms with Crippen molar-refractivity contribution >= 4 is 23.2 Å². The fourth-order valence-corrected chi connectivity index (χ4v) is 2.65. The Morgan fingerprint density at radius 2 is 1.63 bits per heavy atom. The number of ether oxygens (including phenoxy) is 1. The largest absolute Gasteiger partial charge is 0.496 e. The maximum Gasteiger partial charge on any atom is 0.255 e. The molecular weight excluding hydrogens is 342 g/mol. The number of anilines is 2. The van der Waals surface area contributed by atoms with E-state index in [0.717, 1.165) is 5.69 Å². The second-order valence-corrected chi connectivity index (χ2v) is 6.83. The second kappa shape index (κ2) is 9.07. The van der Waals surface area contributed by atoms with Crippen LogP contribution < -0.4 is 20.3 Å². The van der Waals surface area contributed by atoms with Crippen molar-refractivity contribution in [1.29, 1.82) is 0 Å². The van der Waals surface area contributed by atoms with Crippen LogP contribution in [0.3, 0.4) is 0 Å². The highest BCUT2D eigenvalue weighted by Gasteiger charge is 2.25. The predicted octanol–water partition coefficient (Wildman–Crippen LogP) is 3.15. The van der Waals surface area contributed by atoms with Crippen molar-refractivity contribution in [2.75, 3.05) is 31.4 Å². The molecule has 2 amide bonds. The first kappa shape index (κ1) is 20.3. The van der Waals surface area contributed by atoms with E-state index in [1.54, 1.807) is 24.3 Å². The lowest BCUT2D eigenvalue weighted by Crippen LogP contribution is -2.47. The van der Waals surface area contributed by atoms with Gasteiger partial charge in [-0.3, -0.25) is 9.59 Å². The molecule has 2 N–H and O–H groups in total. The van der Waals surface area contributed by atoms with Gasteiger partial charge in [-0.2, -0.15) is 0 Å². The molecule has 0 aliphatic carbocycles. The summed E-state index contributed by atoms with van der Waals surface area (Å²) in [5.41, 5.74) is 2.12. The Labute approximate surface area is 160 Å². The Kier molecular flexibility index (Phi) is 6.82. The van der Waals surface area contributed by atoms with Gasteiger partial charge in [0.1, 0.15) is 11.8 Å². The summed E-state index contributed by atoms with van der Waals surface area (Å²) in [6.45, 7) is 3.78. The Hall–Kier alpha value is -3.02. The summed E-state index contributed by atoms with van der Waals surface area (Å²) in [5.74, 6) is -0.211. The van der Waals surface area contributed by atoms with Crippen LogP contribution in [-0.2, 0) is 4.79 Å². The van der Waals surface area contributed by atoms with E-state index in [4.69, 9.17) is 4.74 Å². The van der Waals surface area contributed by atoms with Crippen molar-refractivity contribution < 1.29 is 14.3 Å². The monoisotopic (exact) mass is 369 g/mol. The van der Waals surface area contributed by atoms with Crippen molar-refractivity contribution in [3.05, 3.63) is 54.1 Å². The number of carbonyl (C=O) groups excluding carboxylic acids is 2. The van der Waals surface area contributed by atoms with E-state index in [1.807, 2.05) is 57.1 Å². The van der Waals surface area contributed by atoms with Gasteiger partial charge in [0.15, 0.2) is 0 Å². The lowest BCUT2D eigenvalue weighted by molar-refractivity contribution is -0.118. The fourth-order valence-electron chi connectivity index (χ4n) is 2.65. The summed E-state index contributed by atoms with van der Waals surface area (Å²) in [7, 11) is 5.42. The molecule has 0 fully saturated rings. The molecule has 144 valence electrons. The van der Waals surface area contributed by atoms with E-state index >= 15 is 0 Å². The van der Waals surface area contributed by atoms with Gasteiger partial charge in [-0.1, -0.05) is 26.0 Å². The first-order valence-corrected chi connectivity index (χ1v) is 8.85. The summed E-state index contributed by atoms with van der Waals surface area (Å²) in [4.78, 5) is 27.3. The molecule has 0 aliphatic rings. The fraction of sp³-hybridized carbons (Fsp3) is 0.333. The average Bonchev–Trinajstić information content (AvgIpc) is 2.65. The van der Waals surface area contributed by atoms with Gasteiger partial charge in [-0.15, -0.1) is 0 Å². The second-order valence-electron chi connectivity index (χ2n) is 6.83. The van der Waals surface area contributed by atoms with Crippen molar-refractivity contribution in [2.45, 2.75) is 19.9 Å². The smallest absolute Gasteiger partial charge is 0.255 e. The zero-order valence-corrected chi connectivity index (χ0v) is 16.4. The summed E-state index contributed by atoms with van der Waals surface area (Å²) in [5, 5.41) is 5.69. The van der Waals surface area contributed by atoms with Gasteiger partial charge in [0.2, 0.25) is 5.91 Å². The third kappa shape index (κ3) is 5.23. The number of hydrogen-bond acceptors (Lipinski definition) is 4. The highest BCUT2D eigenvalue weighted by Crippen LogP contribution is 2.19. The van der Waals surface area contributed by atoms with Gasteiger partial charge in [-0.25, -0.2) is 0 Å². The molecule has 0 bridgehead atoms. The zero-order valence-electron chi connectivity index (χ0n) is 16.4. The van der Waals surface area contributed by atoms with Crippen LogP contribution in [0, 0.1) is 5.92 Å². The van der Waals surface area contributed by atoms with Crippen molar-refractivity contribution in [3.8, 4) is 5.75 Å². The molecule has 2 aromatic rings. The first-order chi connectivity index (χ1) is 12.8. The van der Waals surface area contributed by atoms with Crippen LogP contribution in [0.4, 0.5) is 11.4 Å². The van der Waals surface area contributed by atoms with Gasteiger partial charge in [-0.05, 0) is 42.3 Å². The van der Waals surface area contributed by atoms with Gasteiger partial charge >= 0.3 is 0 Å². The van der Waals surface area contributed by atoms with Crippen molar-refractivity contribution in [2.24, 2.45) is 5.92 Å². The van der Waals surface area contributed by atoms with E-state index < -0.39 is 6.04 Å². The van der Waals surface area contributed by atoms with Crippen LogP contribution in [0.1, 0.15) is 24.2 Å². The molecule has 0 spiro atoms. The highest BCUT2D eigenvalue weighted by atomic mass is 16.5. The molecule has 27 heavy (non-hydrogen) atoms. The SMILES string of the molecule is COc1ccccc1C(=O)NC(C(=O)Nc1ccc(N(C)C)cc1)C(C)C. The van der Waals surface area contributed by atoms with Gasteiger partial charge in [0, 0.05) is 25.5 Å². The minimum atomic E-state index is -0.670. The Bertz CT molecular complexity index is 786. The zero-order chi connectivity index (χ0) is 20.0. The minimum Gasteiger partial charge on any atom is -0.496 e. The molecule has 0 aromatic heterocycles. The number of hydrogen-bond donors (Lipinski definition) is 2. The maximum atomic E-state index is 12.7. The predicted molar refractivity (Wildman–Crippen MR) is 108 cm³/mol. The first-order valence-electron chi connectivity index (χ1n) is 8.85. The van der Waals surface area contributed by atoms with Crippen LogP contribution in [0.2, 0.25) is 0 Å². The molecule has 0 aliphatic heterocycles. The van der Waals surface area contributed by atoms with E-state index in [9.17, 15) is 9.59 Å². The van der Waals surface area contributed by atoms with Crippen LogP contribution in [0.25, 0.3) is 0 Å². The minimum absolute atomic E-state index is 0.0790. The summed E-state index contributed by atoms with van der Waals surface area (Å²) >= 11 is 0. The third-order valence-corrected chi connectivity index (χ3v) is 4.24. The van der Waals surface area contributed by atoms with E-state index in [-0.39, 0.29) is 17.7 Å². The molecule has 0 radical (unpaired) electrons. The molecule has 6 heteroatoms. The topological polar surface area (TPSA) is 70.7 Å². The summed E-state index contributed by atoms with van der Waals surface area (Å²) in [6, 6.07) is 13.8. The quantitative estimate of drug-likeness (QED) is 0.787. The number of nitrogens with one attached hydrogen (secondary N) is 2. The molecule has 2 aromatic carbocycles. The Morgan fingerprint density at radius 3 is 2.19 bits per heavy atom. The molecule has 0 heterocycles. The normalized spacial score (nSPS) is 11.6. The number of methoxy groups -OCH3 is 1. The number of rotatable bonds is 7. The third-order valence-electron chi connectivity index (χ3n) is 4.24. The number of para-hydroxylation sites is 1. The molecule has 0 saturated carbocycles. The lowest BCUT2D eigenvalue weighted by atomic mass is 10.0. The number of nitrogens with zero attached hydrogens (tertiary/aromatic N) is 1. The van der Waals surface area contributed by atoms with Gasteiger partial charge < -0.3 is 20.3 Å². The molecular formula is C21H27N3O3. The van der Waals surface area contributed by atoms with Gasteiger partial charge in [0.05, 0.1) is 12.7 Å². The standard InChI is InChI=1S/C21H27N3O3/c1-14(2)19(23-20(25)17-8-6-7-9-18(17)27-5)21(26)22-15-10-12-16(13-11-15)24(3)4/h6-14,19H,1-5H3,(H,22,26)(H,23,25). The van der Waals surface area contributed by atoms with Gasteiger partial charge in [0.25, 0.3) is 5.91 Å². The molecule has 1 unspecified atom stereocenters. The molecule has 2 rings (SSSR count). The van der Waals surface area contributed by atoms with Crippen LogP contribution in [0.15, 0.2) is 48.5 Å². The summed E-state index contributed by atoms with van der Waals surface area (Å²) in [6.07, 6.45) is 0. The Balaban J connectivity index is 2.11. The summed E-state index contributed by atoms with van der Waals surface area (Å²) < 4.78 is 5.23. The maximum absolute atomic E-state index is 12.7.